The molecule has 0 aromatic heterocycles. The topological polar surface area (TPSA) is 66.5 Å². The third-order valence-electron chi connectivity index (χ3n) is 5.33. The fraction of sp³-hybridized carbons (Fsp3) is 0.409. The Kier molecular flexibility index (Phi) is 6.20. The van der Waals surface area contributed by atoms with Crippen LogP contribution in [0.2, 0.25) is 0 Å². The van der Waals surface area contributed by atoms with Crippen LogP contribution in [0.1, 0.15) is 59.3 Å². The van der Waals surface area contributed by atoms with Crippen molar-refractivity contribution in [1.29, 1.82) is 0 Å². The van der Waals surface area contributed by atoms with Crippen molar-refractivity contribution in [2.45, 2.75) is 51.0 Å². The molecule has 1 heterocycles. The number of aryl methyl sites for hydroxylation is 2. The predicted octanol–water partition coefficient (Wildman–Crippen LogP) is 3.97. The zero-order chi connectivity index (χ0) is 20.3. The normalized spacial score (nSPS) is 16.5. The number of hydrogen-bond acceptors (Lipinski definition) is 3. The van der Waals surface area contributed by atoms with E-state index in [1.54, 1.807) is 12.1 Å². The van der Waals surface area contributed by atoms with Crippen molar-refractivity contribution >= 4 is 15.9 Å². The van der Waals surface area contributed by atoms with Crippen molar-refractivity contribution in [1.82, 2.24) is 9.62 Å². The number of carbonyl (C=O) groups excluding carboxylic acids is 1. The van der Waals surface area contributed by atoms with E-state index in [0.29, 0.717) is 18.7 Å². The molecule has 0 bridgehead atoms. The Morgan fingerprint density at radius 2 is 1.64 bits per heavy atom. The summed E-state index contributed by atoms with van der Waals surface area (Å²) in [6, 6.07) is 12.6. The number of rotatable bonds is 5. The Morgan fingerprint density at radius 3 is 2.29 bits per heavy atom. The number of piperidine rings is 1. The molecule has 1 atom stereocenters. The second kappa shape index (κ2) is 8.45. The van der Waals surface area contributed by atoms with Gasteiger partial charge in [-0.25, -0.2) is 8.42 Å². The van der Waals surface area contributed by atoms with E-state index in [1.165, 1.54) is 10.4 Å². The van der Waals surface area contributed by atoms with Crippen LogP contribution in [0, 0.1) is 13.8 Å². The molecule has 1 aliphatic rings. The van der Waals surface area contributed by atoms with Crippen LogP contribution in [-0.4, -0.2) is 31.7 Å². The fourth-order valence-electron chi connectivity index (χ4n) is 3.47. The van der Waals surface area contributed by atoms with Gasteiger partial charge in [0.25, 0.3) is 5.91 Å². The van der Waals surface area contributed by atoms with Gasteiger partial charge in [-0.1, -0.05) is 42.3 Å². The van der Waals surface area contributed by atoms with Crippen molar-refractivity contribution in [3.63, 3.8) is 0 Å². The van der Waals surface area contributed by atoms with Crippen LogP contribution in [0.3, 0.4) is 0 Å². The zero-order valence-electron chi connectivity index (χ0n) is 16.7. The molecule has 1 saturated heterocycles. The van der Waals surface area contributed by atoms with E-state index in [9.17, 15) is 13.2 Å². The summed E-state index contributed by atoms with van der Waals surface area (Å²) in [4.78, 5) is 13.0. The fourth-order valence-corrected chi connectivity index (χ4v) is 5.02. The minimum atomic E-state index is -3.57. The number of sulfonamides is 1. The molecular formula is C22H28N2O3S. The van der Waals surface area contributed by atoms with Crippen molar-refractivity contribution < 1.29 is 13.2 Å². The number of nitrogens with zero attached hydrogens (tertiary/aromatic N) is 1. The van der Waals surface area contributed by atoms with Crippen LogP contribution in [0.4, 0.5) is 0 Å². The summed E-state index contributed by atoms with van der Waals surface area (Å²) in [5, 5.41) is 2.98. The van der Waals surface area contributed by atoms with Gasteiger partial charge in [0.15, 0.2) is 0 Å². The van der Waals surface area contributed by atoms with Gasteiger partial charge in [-0.05, 0) is 56.9 Å². The summed E-state index contributed by atoms with van der Waals surface area (Å²) < 4.78 is 27.4. The van der Waals surface area contributed by atoms with E-state index in [4.69, 9.17) is 0 Å². The molecule has 5 nitrogen and oxygen atoms in total. The van der Waals surface area contributed by atoms with Crippen LogP contribution in [0.15, 0.2) is 47.4 Å². The van der Waals surface area contributed by atoms with Crippen molar-refractivity contribution in [2.24, 2.45) is 0 Å². The van der Waals surface area contributed by atoms with E-state index in [0.717, 1.165) is 36.0 Å². The van der Waals surface area contributed by atoms with Gasteiger partial charge in [0.1, 0.15) is 0 Å². The molecule has 1 fully saturated rings. The third-order valence-corrected chi connectivity index (χ3v) is 7.23. The average molecular weight is 401 g/mol. The highest BCUT2D eigenvalue weighted by Gasteiger charge is 2.27. The highest BCUT2D eigenvalue weighted by Crippen LogP contribution is 2.23. The van der Waals surface area contributed by atoms with Crippen LogP contribution in [0.25, 0.3) is 0 Å². The quantitative estimate of drug-likeness (QED) is 0.826. The highest BCUT2D eigenvalue weighted by atomic mass is 32.2. The Balaban J connectivity index is 1.82. The second-order valence-corrected chi connectivity index (χ2v) is 9.49. The van der Waals surface area contributed by atoms with Gasteiger partial charge in [-0.3, -0.25) is 4.79 Å². The molecule has 1 aliphatic heterocycles. The van der Waals surface area contributed by atoms with Gasteiger partial charge < -0.3 is 5.32 Å². The summed E-state index contributed by atoms with van der Waals surface area (Å²) in [6.45, 7) is 6.85. The lowest BCUT2D eigenvalue weighted by Crippen LogP contribution is -2.35. The molecule has 28 heavy (non-hydrogen) atoms. The molecule has 1 amide bonds. The van der Waals surface area contributed by atoms with Gasteiger partial charge in [0, 0.05) is 18.7 Å². The number of carbonyl (C=O) groups is 1. The van der Waals surface area contributed by atoms with Crippen LogP contribution < -0.4 is 5.32 Å². The summed E-state index contributed by atoms with van der Waals surface area (Å²) >= 11 is 0. The maximum atomic E-state index is 12.9. The maximum Gasteiger partial charge on any atom is 0.252 e. The van der Waals surface area contributed by atoms with Crippen LogP contribution in [-0.2, 0) is 10.0 Å². The second-order valence-electron chi connectivity index (χ2n) is 7.55. The van der Waals surface area contributed by atoms with Gasteiger partial charge >= 0.3 is 0 Å². The number of hydrogen-bond donors (Lipinski definition) is 1. The van der Waals surface area contributed by atoms with E-state index < -0.39 is 10.0 Å². The summed E-state index contributed by atoms with van der Waals surface area (Å²) in [7, 11) is -3.57. The molecule has 0 aliphatic carbocycles. The largest absolute Gasteiger partial charge is 0.346 e. The summed E-state index contributed by atoms with van der Waals surface area (Å²) in [5.74, 6) is -0.263. The Labute approximate surface area is 167 Å². The molecule has 1 unspecified atom stereocenters. The van der Waals surface area contributed by atoms with E-state index in [1.807, 2.05) is 45.0 Å². The van der Waals surface area contributed by atoms with Crippen molar-refractivity contribution in [3.8, 4) is 0 Å². The minimum absolute atomic E-state index is 0.171. The van der Waals surface area contributed by atoms with Gasteiger partial charge in [0.2, 0.25) is 10.0 Å². The lowest BCUT2D eigenvalue weighted by Gasteiger charge is -2.26. The first-order chi connectivity index (χ1) is 13.3. The van der Waals surface area contributed by atoms with Crippen molar-refractivity contribution in [3.05, 3.63) is 64.7 Å². The predicted molar refractivity (Wildman–Crippen MR) is 111 cm³/mol. The first-order valence-electron chi connectivity index (χ1n) is 9.77. The molecule has 6 heteroatoms. The number of amides is 1. The van der Waals surface area contributed by atoms with Crippen LogP contribution in [0.5, 0.6) is 0 Å². The molecule has 1 N–H and O–H groups in total. The van der Waals surface area contributed by atoms with Crippen molar-refractivity contribution in [2.75, 3.05) is 13.1 Å². The average Bonchev–Trinajstić information content (AvgIpc) is 2.69. The molecule has 0 saturated carbocycles. The lowest BCUT2D eigenvalue weighted by atomic mass is 10.0. The monoisotopic (exact) mass is 400 g/mol. The van der Waals surface area contributed by atoms with Gasteiger partial charge in [-0.2, -0.15) is 4.31 Å². The molecule has 2 aromatic rings. The third kappa shape index (κ3) is 4.45. The Hall–Kier alpha value is -2.18. The van der Waals surface area contributed by atoms with Crippen LogP contribution >= 0.6 is 0 Å². The van der Waals surface area contributed by atoms with E-state index in [2.05, 4.69) is 5.32 Å². The molecule has 2 aromatic carbocycles. The first-order valence-corrected chi connectivity index (χ1v) is 11.2. The lowest BCUT2D eigenvalue weighted by molar-refractivity contribution is 0.0939. The van der Waals surface area contributed by atoms with E-state index >= 15 is 0 Å². The minimum Gasteiger partial charge on any atom is -0.346 e. The van der Waals surface area contributed by atoms with Gasteiger partial charge in [0.05, 0.1) is 10.9 Å². The molecular weight excluding hydrogens is 372 g/mol. The molecule has 0 spiro atoms. The maximum absolute atomic E-state index is 12.9. The number of nitrogens with one attached hydrogen (secondary N) is 1. The van der Waals surface area contributed by atoms with Gasteiger partial charge in [-0.15, -0.1) is 0 Å². The Bertz CT molecular complexity index is 946. The first kappa shape index (κ1) is 20.6. The summed E-state index contributed by atoms with van der Waals surface area (Å²) in [5.41, 5.74) is 3.32. The molecule has 150 valence electrons. The molecule has 3 rings (SSSR count). The zero-order valence-corrected chi connectivity index (χ0v) is 17.6. The Morgan fingerprint density at radius 1 is 1.00 bits per heavy atom. The SMILES string of the molecule is Cc1ccc(C(C)NC(=O)c2cc(S(=O)(=O)N3CCCCC3)ccc2C)cc1. The summed E-state index contributed by atoms with van der Waals surface area (Å²) in [6.07, 6.45) is 2.82. The highest BCUT2D eigenvalue weighted by molar-refractivity contribution is 7.89. The number of benzene rings is 2. The van der Waals surface area contributed by atoms with E-state index in [-0.39, 0.29) is 16.8 Å². The standard InChI is InChI=1S/C22H28N2O3S/c1-16-7-10-19(11-8-16)18(3)23-22(25)21-15-20(12-9-17(21)2)28(26,27)24-13-5-4-6-14-24/h7-12,15,18H,4-6,13-14H2,1-3H3,(H,23,25). The molecule has 0 radical (unpaired) electrons. The smallest absolute Gasteiger partial charge is 0.252 e.